The highest BCUT2D eigenvalue weighted by atomic mass is 17.1. The van der Waals surface area contributed by atoms with Gasteiger partial charge in [0.1, 0.15) is 0 Å². The van der Waals surface area contributed by atoms with Gasteiger partial charge in [0, 0.05) is 13.0 Å². The van der Waals surface area contributed by atoms with Crippen LogP contribution in [-0.4, -0.2) is 18.2 Å². The Hall–Kier alpha value is -0.120. The Morgan fingerprint density at radius 2 is 2.00 bits per heavy atom. The molecule has 0 aliphatic carbocycles. The van der Waals surface area contributed by atoms with E-state index in [1.165, 1.54) is 0 Å². The standard InChI is InChI=1S/C8H18O3/c1-3-5-7-10-8(11-9)6-4-2/h8-9H,3-7H2,1-2H3. The number of hydrogen-bond donors (Lipinski definition) is 1. The minimum Gasteiger partial charge on any atom is -0.350 e. The lowest BCUT2D eigenvalue weighted by Crippen LogP contribution is -2.15. The Morgan fingerprint density at radius 3 is 2.45 bits per heavy atom. The molecule has 0 aromatic heterocycles. The van der Waals surface area contributed by atoms with Crippen LogP contribution in [0.3, 0.4) is 0 Å². The second-order valence-electron chi connectivity index (χ2n) is 2.55. The third kappa shape index (κ3) is 6.28. The summed E-state index contributed by atoms with van der Waals surface area (Å²) in [6, 6.07) is 0. The zero-order valence-electron chi connectivity index (χ0n) is 7.38. The van der Waals surface area contributed by atoms with Crippen molar-refractivity contribution in [3.63, 3.8) is 0 Å². The van der Waals surface area contributed by atoms with Crippen molar-refractivity contribution in [2.75, 3.05) is 6.61 Å². The van der Waals surface area contributed by atoms with Crippen LogP contribution in [0, 0.1) is 0 Å². The highest BCUT2D eigenvalue weighted by molar-refractivity contribution is 4.41. The SMILES string of the molecule is CCCCOC(CCC)OO. The Labute approximate surface area is 68.2 Å². The third-order valence-electron chi connectivity index (χ3n) is 1.44. The lowest BCUT2D eigenvalue weighted by Gasteiger charge is -2.12. The largest absolute Gasteiger partial charge is 0.350 e. The molecule has 0 saturated carbocycles. The Bertz CT molecular complexity index is 75.7. The quantitative estimate of drug-likeness (QED) is 0.270. The summed E-state index contributed by atoms with van der Waals surface area (Å²) < 4.78 is 5.20. The maximum Gasteiger partial charge on any atom is 0.190 e. The minimum atomic E-state index is -0.424. The van der Waals surface area contributed by atoms with E-state index < -0.39 is 6.29 Å². The van der Waals surface area contributed by atoms with Crippen molar-refractivity contribution >= 4 is 0 Å². The molecule has 0 aliphatic heterocycles. The van der Waals surface area contributed by atoms with E-state index in [2.05, 4.69) is 11.8 Å². The number of hydrogen-bond acceptors (Lipinski definition) is 3. The summed E-state index contributed by atoms with van der Waals surface area (Å²) in [5.41, 5.74) is 0. The van der Waals surface area contributed by atoms with Crippen molar-refractivity contribution in [3.05, 3.63) is 0 Å². The molecule has 1 unspecified atom stereocenters. The highest BCUT2D eigenvalue weighted by Gasteiger charge is 2.05. The third-order valence-corrected chi connectivity index (χ3v) is 1.44. The normalized spacial score (nSPS) is 13.4. The molecule has 0 rings (SSSR count). The van der Waals surface area contributed by atoms with Crippen LogP contribution in [0.4, 0.5) is 0 Å². The number of ether oxygens (including phenoxy) is 1. The molecule has 3 heteroatoms. The van der Waals surface area contributed by atoms with Crippen LogP contribution in [0.5, 0.6) is 0 Å². The molecule has 0 heterocycles. The van der Waals surface area contributed by atoms with Crippen molar-refractivity contribution < 1.29 is 14.9 Å². The van der Waals surface area contributed by atoms with Crippen molar-refractivity contribution in [3.8, 4) is 0 Å². The van der Waals surface area contributed by atoms with Crippen molar-refractivity contribution in [2.45, 2.75) is 45.8 Å². The lowest BCUT2D eigenvalue weighted by atomic mass is 10.3. The molecule has 1 atom stereocenters. The Balaban J connectivity index is 3.20. The van der Waals surface area contributed by atoms with Crippen molar-refractivity contribution in [2.24, 2.45) is 0 Å². The van der Waals surface area contributed by atoms with Gasteiger partial charge in [-0.1, -0.05) is 26.7 Å². The van der Waals surface area contributed by atoms with Gasteiger partial charge in [0.15, 0.2) is 6.29 Å². The van der Waals surface area contributed by atoms with Gasteiger partial charge in [-0.3, -0.25) is 0 Å². The van der Waals surface area contributed by atoms with Crippen molar-refractivity contribution in [1.29, 1.82) is 0 Å². The van der Waals surface area contributed by atoms with Gasteiger partial charge < -0.3 is 4.74 Å². The second-order valence-corrected chi connectivity index (χ2v) is 2.55. The van der Waals surface area contributed by atoms with E-state index in [0.29, 0.717) is 6.61 Å². The first-order chi connectivity index (χ1) is 5.35. The van der Waals surface area contributed by atoms with Gasteiger partial charge in [-0.05, 0) is 6.42 Å². The first-order valence-electron chi connectivity index (χ1n) is 4.27. The molecule has 0 fully saturated rings. The van der Waals surface area contributed by atoms with Crippen molar-refractivity contribution in [1.82, 2.24) is 0 Å². The molecular formula is C8H18O3. The zero-order valence-corrected chi connectivity index (χ0v) is 7.38. The average molecular weight is 162 g/mol. The molecule has 68 valence electrons. The average Bonchev–Trinajstić information content (AvgIpc) is 2.03. The first kappa shape index (κ1) is 10.9. The predicted octanol–water partition coefficient (Wildman–Crippen LogP) is 2.42. The van der Waals surface area contributed by atoms with E-state index in [0.717, 1.165) is 25.7 Å². The molecule has 0 radical (unpaired) electrons. The van der Waals surface area contributed by atoms with Gasteiger partial charge in [-0.2, -0.15) is 0 Å². The van der Waals surface area contributed by atoms with E-state index in [9.17, 15) is 0 Å². The number of unbranched alkanes of at least 4 members (excludes halogenated alkanes) is 1. The molecule has 0 aliphatic rings. The van der Waals surface area contributed by atoms with E-state index in [1.54, 1.807) is 0 Å². The minimum absolute atomic E-state index is 0.424. The summed E-state index contributed by atoms with van der Waals surface area (Å²) in [6.07, 6.45) is 3.40. The molecule has 0 saturated heterocycles. The van der Waals surface area contributed by atoms with Gasteiger partial charge in [0.05, 0.1) is 0 Å². The van der Waals surface area contributed by atoms with Crippen LogP contribution in [0.1, 0.15) is 39.5 Å². The fourth-order valence-electron chi connectivity index (χ4n) is 0.761. The zero-order chi connectivity index (χ0) is 8.53. The molecule has 11 heavy (non-hydrogen) atoms. The van der Waals surface area contributed by atoms with Gasteiger partial charge in [-0.15, -0.1) is 0 Å². The lowest BCUT2D eigenvalue weighted by molar-refractivity contribution is -0.347. The topological polar surface area (TPSA) is 38.7 Å². The molecule has 0 aromatic carbocycles. The van der Waals surface area contributed by atoms with Crippen LogP contribution in [0.25, 0.3) is 0 Å². The molecule has 0 amide bonds. The van der Waals surface area contributed by atoms with E-state index in [-0.39, 0.29) is 0 Å². The monoisotopic (exact) mass is 162 g/mol. The smallest absolute Gasteiger partial charge is 0.190 e. The van der Waals surface area contributed by atoms with Crippen LogP contribution in [-0.2, 0) is 9.62 Å². The van der Waals surface area contributed by atoms with E-state index >= 15 is 0 Å². The maximum absolute atomic E-state index is 8.33. The first-order valence-corrected chi connectivity index (χ1v) is 4.27. The Kier molecular flexibility index (Phi) is 7.89. The maximum atomic E-state index is 8.33. The molecule has 0 spiro atoms. The molecule has 0 bridgehead atoms. The van der Waals surface area contributed by atoms with Crippen LogP contribution < -0.4 is 0 Å². The van der Waals surface area contributed by atoms with E-state index in [1.807, 2.05) is 6.92 Å². The fourth-order valence-corrected chi connectivity index (χ4v) is 0.761. The van der Waals surface area contributed by atoms with Crippen LogP contribution >= 0.6 is 0 Å². The number of rotatable bonds is 7. The summed E-state index contributed by atoms with van der Waals surface area (Å²) >= 11 is 0. The Morgan fingerprint density at radius 1 is 1.27 bits per heavy atom. The molecular weight excluding hydrogens is 144 g/mol. The summed E-state index contributed by atoms with van der Waals surface area (Å²) in [6.45, 7) is 4.79. The van der Waals surface area contributed by atoms with Gasteiger partial charge in [-0.25, -0.2) is 10.1 Å². The predicted molar refractivity (Wildman–Crippen MR) is 43.3 cm³/mol. The second kappa shape index (κ2) is 7.98. The van der Waals surface area contributed by atoms with Gasteiger partial charge in [0.2, 0.25) is 0 Å². The summed E-state index contributed by atoms with van der Waals surface area (Å²) in [5, 5.41) is 8.33. The van der Waals surface area contributed by atoms with Gasteiger partial charge in [0.25, 0.3) is 0 Å². The van der Waals surface area contributed by atoms with Crippen LogP contribution in [0.2, 0.25) is 0 Å². The molecule has 1 N–H and O–H groups in total. The molecule has 3 nitrogen and oxygen atoms in total. The molecule has 0 aromatic rings. The summed E-state index contributed by atoms with van der Waals surface area (Å²) in [4.78, 5) is 4.12. The summed E-state index contributed by atoms with van der Waals surface area (Å²) in [7, 11) is 0. The highest BCUT2D eigenvalue weighted by Crippen LogP contribution is 2.03. The summed E-state index contributed by atoms with van der Waals surface area (Å²) in [5.74, 6) is 0. The van der Waals surface area contributed by atoms with Gasteiger partial charge >= 0.3 is 0 Å². The van der Waals surface area contributed by atoms with Crippen LogP contribution in [0.15, 0.2) is 0 Å². The fraction of sp³-hybridized carbons (Fsp3) is 1.00. The van der Waals surface area contributed by atoms with E-state index in [4.69, 9.17) is 9.99 Å².